The summed E-state index contributed by atoms with van der Waals surface area (Å²) < 4.78 is 13.0. The van der Waals surface area contributed by atoms with Gasteiger partial charge in [0, 0.05) is 34.4 Å². The van der Waals surface area contributed by atoms with Gasteiger partial charge in [-0.05, 0) is 40.8 Å². The van der Waals surface area contributed by atoms with E-state index in [4.69, 9.17) is 0 Å². The van der Waals surface area contributed by atoms with Crippen LogP contribution in [-0.4, -0.2) is 17.4 Å². The highest BCUT2D eigenvalue weighted by molar-refractivity contribution is 7.10. The summed E-state index contributed by atoms with van der Waals surface area (Å²) >= 11 is 1.69. The number of rotatable bonds is 6. The normalized spacial score (nSPS) is 12.2. The van der Waals surface area contributed by atoms with E-state index in [0.29, 0.717) is 6.54 Å². The van der Waals surface area contributed by atoms with Crippen molar-refractivity contribution in [2.75, 3.05) is 6.54 Å². The number of fused-ring (bicyclic) bond motifs is 1. The lowest BCUT2D eigenvalue weighted by Crippen LogP contribution is -2.29. The highest BCUT2D eigenvalue weighted by atomic mass is 32.1. The molecule has 0 aliphatic carbocycles. The standard InChI is InChI=1S/C22H19FN2OS/c23-16-9-7-15(8-10-16)12-22(26)25-14-19(21-6-3-11-27-21)18-13-24-20-5-2-1-4-17(18)20/h1-11,13,19,24H,12,14H2,(H,25,26). The molecular weight excluding hydrogens is 359 g/mol. The zero-order chi connectivity index (χ0) is 18.6. The molecule has 1 amide bonds. The predicted molar refractivity (Wildman–Crippen MR) is 108 cm³/mol. The van der Waals surface area contributed by atoms with Gasteiger partial charge in [0.05, 0.1) is 6.42 Å². The molecule has 0 radical (unpaired) electrons. The first kappa shape index (κ1) is 17.5. The van der Waals surface area contributed by atoms with Crippen molar-refractivity contribution in [1.29, 1.82) is 0 Å². The summed E-state index contributed by atoms with van der Waals surface area (Å²) in [6.07, 6.45) is 2.27. The molecule has 27 heavy (non-hydrogen) atoms. The Kier molecular flexibility index (Phi) is 5.03. The first-order valence-corrected chi connectivity index (χ1v) is 9.69. The molecule has 4 aromatic rings. The van der Waals surface area contributed by atoms with Crippen molar-refractivity contribution in [1.82, 2.24) is 10.3 Å². The number of H-pyrrole nitrogens is 1. The fourth-order valence-electron chi connectivity index (χ4n) is 3.30. The van der Waals surface area contributed by atoms with Crippen molar-refractivity contribution in [3.8, 4) is 0 Å². The maximum absolute atomic E-state index is 13.0. The third kappa shape index (κ3) is 3.93. The number of benzene rings is 2. The van der Waals surface area contributed by atoms with E-state index < -0.39 is 0 Å². The topological polar surface area (TPSA) is 44.9 Å². The number of nitrogens with one attached hydrogen (secondary N) is 2. The average molecular weight is 378 g/mol. The molecule has 1 atom stereocenters. The summed E-state index contributed by atoms with van der Waals surface area (Å²) in [5, 5.41) is 6.27. The molecule has 136 valence electrons. The summed E-state index contributed by atoms with van der Waals surface area (Å²) in [7, 11) is 0. The zero-order valence-corrected chi connectivity index (χ0v) is 15.4. The Labute approximate surface area is 160 Å². The summed E-state index contributed by atoms with van der Waals surface area (Å²) in [4.78, 5) is 16.9. The lowest BCUT2D eigenvalue weighted by molar-refractivity contribution is -0.120. The van der Waals surface area contributed by atoms with E-state index in [1.807, 2.05) is 24.4 Å². The van der Waals surface area contributed by atoms with E-state index in [2.05, 4.69) is 33.9 Å². The summed E-state index contributed by atoms with van der Waals surface area (Å²) in [6, 6.07) is 18.4. The number of hydrogen-bond acceptors (Lipinski definition) is 2. The van der Waals surface area contributed by atoms with Crippen LogP contribution in [0.4, 0.5) is 4.39 Å². The third-order valence-electron chi connectivity index (χ3n) is 4.66. The second-order valence-corrected chi connectivity index (χ2v) is 7.44. The fraction of sp³-hybridized carbons (Fsp3) is 0.136. The Balaban J connectivity index is 1.52. The van der Waals surface area contributed by atoms with Gasteiger partial charge in [-0.3, -0.25) is 4.79 Å². The quantitative estimate of drug-likeness (QED) is 0.494. The Morgan fingerprint density at radius 3 is 2.67 bits per heavy atom. The Morgan fingerprint density at radius 1 is 1.07 bits per heavy atom. The van der Waals surface area contributed by atoms with Crippen molar-refractivity contribution >= 4 is 28.1 Å². The molecule has 0 spiro atoms. The van der Waals surface area contributed by atoms with Gasteiger partial charge in [-0.25, -0.2) is 4.39 Å². The zero-order valence-electron chi connectivity index (χ0n) is 14.6. The number of aromatic amines is 1. The minimum absolute atomic E-state index is 0.0667. The second kappa shape index (κ2) is 7.76. The van der Waals surface area contributed by atoms with Crippen molar-refractivity contribution in [2.24, 2.45) is 0 Å². The summed E-state index contributed by atoms with van der Waals surface area (Å²) in [5.74, 6) is -0.280. The van der Waals surface area contributed by atoms with Crippen LogP contribution in [-0.2, 0) is 11.2 Å². The average Bonchev–Trinajstić information content (AvgIpc) is 3.35. The van der Waals surface area contributed by atoms with Gasteiger partial charge >= 0.3 is 0 Å². The molecule has 2 N–H and O–H groups in total. The number of thiophene rings is 1. The van der Waals surface area contributed by atoms with Crippen molar-refractivity contribution < 1.29 is 9.18 Å². The molecule has 2 aromatic heterocycles. The number of carbonyl (C=O) groups is 1. The SMILES string of the molecule is O=C(Cc1ccc(F)cc1)NCC(c1cccs1)c1c[nH]c2ccccc12. The maximum atomic E-state index is 13.0. The minimum Gasteiger partial charge on any atom is -0.361 e. The van der Waals surface area contributed by atoms with Crippen LogP contribution < -0.4 is 5.32 Å². The van der Waals surface area contributed by atoms with Crippen LogP contribution in [0.25, 0.3) is 10.9 Å². The second-order valence-electron chi connectivity index (χ2n) is 6.46. The minimum atomic E-state index is -0.295. The molecule has 0 aliphatic rings. The summed E-state index contributed by atoms with van der Waals surface area (Å²) in [6.45, 7) is 0.516. The number of aromatic nitrogens is 1. The van der Waals surface area contributed by atoms with Crippen LogP contribution in [0.5, 0.6) is 0 Å². The van der Waals surface area contributed by atoms with Gasteiger partial charge in [0.2, 0.25) is 5.91 Å². The van der Waals surface area contributed by atoms with Crippen molar-refractivity contribution in [3.05, 3.63) is 94.1 Å². The monoisotopic (exact) mass is 378 g/mol. The van der Waals surface area contributed by atoms with E-state index in [1.165, 1.54) is 28.0 Å². The van der Waals surface area contributed by atoms with Gasteiger partial charge in [-0.2, -0.15) is 0 Å². The Bertz CT molecular complexity index is 1040. The molecule has 0 fully saturated rings. The fourth-order valence-corrected chi connectivity index (χ4v) is 4.15. The molecule has 0 saturated heterocycles. The van der Waals surface area contributed by atoms with E-state index in [9.17, 15) is 9.18 Å². The third-order valence-corrected chi connectivity index (χ3v) is 5.65. The van der Waals surface area contributed by atoms with Gasteiger partial charge in [0.1, 0.15) is 5.82 Å². The van der Waals surface area contributed by atoms with E-state index in [0.717, 1.165) is 11.1 Å². The first-order chi connectivity index (χ1) is 13.2. The number of halogens is 1. The van der Waals surface area contributed by atoms with Gasteiger partial charge in [0.25, 0.3) is 0 Å². The number of hydrogen-bond donors (Lipinski definition) is 2. The van der Waals surface area contributed by atoms with Crippen LogP contribution in [0.1, 0.15) is 21.9 Å². The lowest BCUT2D eigenvalue weighted by atomic mass is 9.96. The van der Waals surface area contributed by atoms with Crippen LogP contribution >= 0.6 is 11.3 Å². The largest absolute Gasteiger partial charge is 0.361 e. The van der Waals surface area contributed by atoms with Crippen molar-refractivity contribution in [2.45, 2.75) is 12.3 Å². The number of carbonyl (C=O) groups excluding carboxylic acids is 1. The van der Waals surface area contributed by atoms with E-state index in [-0.39, 0.29) is 24.1 Å². The molecule has 0 bridgehead atoms. The Morgan fingerprint density at radius 2 is 1.89 bits per heavy atom. The predicted octanol–water partition coefficient (Wildman–Crippen LogP) is 4.86. The molecule has 1 unspecified atom stereocenters. The molecule has 3 nitrogen and oxygen atoms in total. The molecule has 2 aromatic carbocycles. The van der Waals surface area contributed by atoms with Gasteiger partial charge in [-0.15, -0.1) is 11.3 Å². The van der Waals surface area contributed by atoms with Crippen LogP contribution in [0, 0.1) is 5.82 Å². The summed E-state index contributed by atoms with van der Waals surface area (Å²) in [5.41, 5.74) is 3.07. The lowest BCUT2D eigenvalue weighted by Gasteiger charge is -2.16. The number of para-hydroxylation sites is 1. The molecule has 5 heteroatoms. The molecule has 2 heterocycles. The van der Waals surface area contributed by atoms with Gasteiger partial charge in [-0.1, -0.05) is 36.4 Å². The van der Waals surface area contributed by atoms with Crippen LogP contribution in [0.3, 0.4) is 0 Å². The maximum Gasteiger partial charge on any atom is 0.224 e. The highest BCUT2D eigenvalue weighted by Gasteiger charge is 2.20. The van der Waals surface area contributed by atoms with E-state index >= 15 is 0 Å². The van der Waals surface area contributed by atoms with Gasteiger partial charge in [0.15, 0.2) is 0 Å². The van der Waals surface area contributed by atoms with Crippen LogP contribution in [0.15, 0.2) is 72.2 Å². The molecule has 4 rings (SSSR count). The van der Waals surface area contributed by atoms with E-state index in [1.54, 1.807) is 23.5 Å². The van der Waals surface area contributed by atoms with Crippen molar-refractivity contribution in [3.63, 3.8) is 0 Å². The van der Waals surface area contributed by atoms with Gasteiger partial charge < -0.3 is 10.3 Å². The molecule has 0 aliphatic heterocycles. The highest BCUT2D eigenvalue weighted by Crippen LogP contribution is 2.32. The number of amides is 1. The first-order valence-electron chi connectivity index (χ1n) is 8.81. The molecular formula is C22H19FN2OS. The van der Waals surface area contributed by atoms with Crippen LogP contribution in [0.2, 0.25) is 0 Å². The molecule has 0 saturated carbocycles. The smallest absolute Gasteiger partial charge is 0.224 e. The Hall–Kier alpha value is -2.92.